The molecule has 0 heterocycles. The number of hydrogen-bond donors (Lipinski definition) is 2. The summed E-state index contributed by atoms with van der Waals surface area (Å²) in [6.45, 7) is 7.78. The van der Waals surface area contributed by atoms with Crippen LogP contribution in [0.2, 0.25) is 0 Å². The highest BCUT2D eigenvalue weighted by atomic mass is 16.6. The SMILES string of the molecule is CC[C@@H](NC(=O)CCCCCCCCCCCCCCC(C)C)OC(=O)[C@@H](C)O. The molecule has 0 aliphatic rings. The average molecular weight is 414 g/mol. The summed E-state index contributed by atoms with van der Waals surface area (Å²) in [7, 11) is 0. The van der Waals surface area contributed by atoms with E-state index in [0.717, 1.165) is 18.8 Å². The molecule has 0 saturated carbocycles. The fourth-order valence-corrected chi connectivity index (χ4v) is 3.31. The van der Waals surface area contributed by atoms with Gasteiger partial charge in [-0.05, 0) is 19.3 Å². The van der Waals surface area contributed by atoms with Gasteiger partial charge >= 0.3 is 5.97 Å². The van der Waals surface area contributed by atoms with E-state index in [1.54, 1.807) is 0 Å². The maximum atomic E-state index is 11.9. The number of carbonyl (C=O) groups excluding carboxylic acids is 2. The molecular weight excluding hydrogens is 366 g/mol. The van der Waals surface area contributed by atoms with Crippen LogP contribution in [0.5, 0.6) is 0 Å². The van der Waals surface area contributed by atoms with Gasteiger partial charge in [-0.15, -0.1) is 0 Å². The number of esters is 1. The molecule has 0 radical (unpaired) electrons. The summed E-state index contributed by atoms with van der Waals surface area (Å²) in [6, 6.07) is 0. The first-order valence-corrected chi connectivity index (χ1v) is 12.0. The minimum Gasteiger partial charge on any atom is -0.440 e. The Bertz CT molecular complexity index is 410. The number of aliphatic hydroxyl groups excluding tert-OH is 1. The lowest BCUT2D eigenvalue weighted by molar-refractivity contribution is -0.161. The van der Waals surface area contributed by atoms with Gasteiger partial charge in [-0.3, -0.25) is 4.79 Å². The molecule has 0 aromatic rings. The number of ether oxygens (including phenoxy) is 1. The second-order valence-electron chi connectivity index (χ2n) is 8.75. The third kappa shape index (κ3) is 18.7. The van der Waals surface area contributed by atoms with Crippen molar-refractivity contribution in [3.63, 3.8) is 0 Å². The molecule has 2 atom stereocenters. The Kier molecular flexibility index (Phi) is 18.2. The lowest BCUT2D eigenvalue weighted by atomic mass is 10.0. The Balaban J connectivity index is 3.45. The number of aliphatic hydroxyl groups is 1. The van der Waals surface area contributed by atoms with Crippen LogP contribution in [0.15, 0.2) is 0 Å². The van der Waals surface area contributed by atoms with Gasteiger partial charge in [-0.1, -0.05) is 97.8 Å². The largest absolute Gasteiger partial charge is 0.440 e. The Morgan fingerprint density at radius 2 is 1.24 bits per heavy atom. The molecule has 0 bridgehead atoms. The highest BCUT2D eigenvalue weighted by Gasteiger charge is 2.18. The molecular formula is C24H47NO4. The van der Waals surface area contributed by atoms with Crippen molar-refractivity contribution in [1.29, 1.82) is 0 Å². The van der Waals surface area contributed by atoms with E-state index in [2.05, 4.69) is 19.2 Å². The van der Waals surface area contributed by atoms with Crippen molar-refractivity contribution < 1.29 is 19.4 Å². The number of rotatable bonds is 19. The molecule has 0 unspecified atom stereocenters. The molecule has 0 saturated heterocycles. The first kappa shape index (κ1) is 27.9. The first-order valence-electron chi connectivity index (χ1n) is 12.0. The van der Waals surface area contributed by atoms with Gasteiger partial charge in [0, 0.05) is 12.8 Å². The summed E-state index contributed by atoms with van der Waals surface area (Å²) in [6.07, 6.45) is 15.8. The van der Waals surface area contributed by atoms with Crippen LogP contribution in [-0.4, -0.2) is 29.3 Å². The Hall–Kier alpha value is -1.10. The van der Waals surface area contributed by atoms with Crippen LogP contribution in [0.3, 0.4) is 0 Å². The standard InChI is InChI=1S/C24H47NO4/c1-5-23(29-24(28)21(4)26)25-22(27)19-17-15-13-11-9-7-6-8-10-12-14-16-18-20(2)3/h20-21,23,26H,5-19H2,1-4H3,(H,25,27)/t21-,23+/m1/s1. The molecule has 0 aliphatic heterocycles. The summed E-state index contributed by atoms with van der Waals surface area (Å²) >= 11 is 0. The Morgan fingerprint density at radius 3 is 1.66 bits per heavy atom. The summed E-state index contributed by atoms with van der Waals surface area (Å²) in [5.41, 5.74) is 0. The van der Waals surface area contributed by atoms with E-state index in [1.165, 1.54) is 77.6 Å². The molecule has 5 heteroatoms. The zero-order chi connectivity index (χ0) is 21.9. The highest BCUT2D eigenvalue weighted by molar-refractivity contribution is 5.77. The maximum Gasteiger partial charge on any atom is 0.336 e. The van der Waals surface area contributed by atoms with Gasteiger partial charge in [0.1, 0.15) is 6.10 Å². The van der Waals surface area contributed by atoms with Crippen molar-refractivity contribution in [1.82, 2.24) is 5.32 Å². The normalized spacial score (nSPS) is 13.3. The van der Waals surface area contributed by atoms with Gasteiger partial charge in [0.2, 0.25) is 5.91 Å². The van der Waals surface area contributed by atoms with Crippen LogP contribution in [0.25, 0.3) is 0 Å². The van der Waals surface area contributed by atoms with E-state index in [4.69, 9.17) is 9.84 Å². The van der Waals surface area contributed by atoms with E-state index in [1.807, 2.05) is 6.92 Å². The third-order valence-corrected chi connectivity index (χ3v) is 5.23. The van der Waals surface area contributed by atoms with Crippen LogP contribution in [-0.2, 0) is 14.3 Å². The molecule has 29 heavy (non-hydrogen) atoms. The molecule has 0 aromatic heterocycles. The van der Waals surface area contributed by atoms with Gasteiger partial charge < -0.3 is 15.2 Å². The average Bonchev–Trinajstić information content (AvgIpc) is 2.67. The van der Waals surface area contributed by atoms with Crippen molar-refractivity contribution >= 4 is 11.9 Å². The summed E-state index contributed by atoms with van der Waals surface area (Å²) in [5.74, 6) is 0.0463. The predicted molar refractivity (Wildman–Crippen MR) is 119 cm³/mol. The number of carbonyl (C=O) groups is 2. The van der Waals surface area contributed by atoms with E-state index >= 15 is 0 Å². The smallest absolute Gasteiger partial charge is 0.336 e. The van der Waals surface area contributed by atoms with E-state index in [-0.39, 0.29) is 5.91 Å². The molecule has 5 nitrogen and oxygen atoms in total. The van der Waals surface area contributed by atoms with Gasteiger partial charge in [0.25, 0.3) is 0 Å². The monoisotopic (exact) mass is 413 g/mol. The molecule has 2 N–H and O–H groups in total. The number of unbranched alkanes of at least 4 members (excludes halogenated alkanes) is 11. The van der Waals surface area contributed by atoms with Crippen molar-refractivity contribution in [2.75, 3.05) is 0 Å². The first-order chi connectivity index (χ1) is 13.9. The molecule has 0 fully saturated rings. The van der Waals surface area contributed by atoms with Crippen molar-refractivity contribution in [3.05, 3.63) is 0 Å². The number of nitrogens with one attached hydrogen (secondary N) is 1. The van der Waals surface area contributed by atoms with Crippen LogP contribution in [0.4, 0.5) is 0 Å². The van der Waals surface area contributed by atoms with Gasteiger partial charge in [0.15, 0.2) is 6.23 Å². The van der Waals surface area contributed by atoms with Crippen LogP contribution >= 0.6 is 0 Å². The minimum absolute atomic E-state index is 0.0939. The van der Waals surface area contributed by atoms with Gasteiger partial charge in [-0.2, -0.15) is 0 Å². The molecule has 1 amide bonds. The zero-order valence-electron chi connectivity index (χ0n) is 19.5. The predicted octanol–water partition coefficient (Wildman–Crippen LogP) is 5.88. The Morgan fingerprint density at radius 1 is 0.793 bits per heavy atom. The molecule has 0 aromatic carbocycles. The number of amides is 1. The Labute approximate surface area is 179 Å². The fourth-order valence-electron chi connectivity index (χ4n) is 3.31. The molecule has 0 aliphatic carbocycles. The van der Waals surface area contributed by atoms with Crippen molar-refractivity contribution in [2.45, 2.75) is 136 Å². The molecule has 0 rings (SSSR count). The van der Waals surface area contributed by atoms with Crippen LogP contribution < -0.4 is 5.32 Å². The topological polar surface area (TPSA) is 75.6 Å². The van der Waals surface area contributed by atoms with Gasteiger partial charge in [0.05, 0.1) is 0 Å². The van der Waals surface area contributed by atoms with Crippen molar-refractivity contribution in [2.24, 2.45) is 5.92 Å². The van der Waals surface area contributed by atoms with E-state index in [9.17, 15) is 9.59 Å². The van der Waals surface area contributed by atoms with Crippen molar-refractivity contribution in [3.8, 4) is 0 Å². The maximum absolute atomic E-state index is 11.9. The third-order valence-electron chi connectivity index (χ3n) is 5.23. The second kappa shape index (κ2) is 18.9. The summed E-state index contributed by atoms with van der Waals surface area (Å²) in [4.78, 5) is 23.3. The molecule has 172 valence electrons. The van der Waals surface area contributed by atoms with E-state index in [0.29, 0.717) is 12.8 Å². The van der Waals surface area contributed by atoms with Gasteiger partial charge in [-0.25, -0.2) is 4.79 Å². The second-order valence-corrected chi connectivity index (χ2v) is 8.75. The molecule has 0 spiro atoms. The lowest BCUT2D eigenvalue weighted by Crippen LogP contribution is -2.39. The van der Waals surface area contributed by atoms with Crippen LogP contribution in [0.1, 0.15) is 124 Å². The quantitative estimate of drug-likeness (QED) is 0.157. The highest BCUT2D eigenvalue weighted by Crippen LogP contribution is 2.14. The minimum atomic E-state index is -1.17. The number of hydrogen-bond acceptors (Lipinski definition) is 4. The summed E-state index contributed by atoms with van der Waals surface area (Å²) in [5, 5.41) is 11.9. The lowest BCUT2D eigenvalue weighted by Gasteiger charge is -2.18. The fraction of sp³-hybridized carbons (Fsp3) is 0.917. The van der Waals surface area contributed by atoms with Crippen LogP contribution in [0, 0.1) is 5.92 Å². The zero-order valence-corrected chi connectivity index (χ0v) is 19.5. The summed E-state index contributed by atoms with van der Waals surface area (Å²) < 4.78 is 5.04. The van der Waals surface area contributed by atoms with E-state index < -0.39 is 18.3 Å².